The highest BCUT2D eigenvalue weighted by atomic mass is 19.4. The van der Waals surface area contributed by atoms with E-state index in [1.807, 2.05) is 0 Å². The van der Waals surface area contributed by atoms with Crippen molar-refractivity contribution in [3.8, 4) is 0 Å². The molecule has 0 unspecified atom stereocenters. The Kier molecular flexibility index (Phi) is 2.49. The van der Waals surface area contributed by atoms with E-state index < -0.39 is 11.7 Å². The number of alkyl halides is 3. The van der Waals surface area contributed by atoms with Crippen LogP contribution in [0.15, 0.2) is 24.3 Å². The minimum Gasteiger partial charge on any atom is -0.336 e. The summed E-state index contributed by atoms with van der Waals surface area (Å²) in [7, 11) is 0. The zero-order chi connectivity index (χ0) is 11.8. The summed E-state index contributed by atoms with van der Waals surface area (Å²) < 4.78 is 36.8. The summed E-state index contributed by atoms with van der Waals surface area (Å²) in [6.07, 6.45) is -4.32. The Bertz CT molecular complexity index is 400. The third kappa shape index (κ3) is 2.10. The largest absolute Gasteiger partial charge is 0.416 e. The van der Waals surface area contributed by atoms with Gasteiger partial charge in [0.25, 0.3) is 0 Å². The van der Waals surface area contributed by atoms with Crippen LogP contribution in [0.1, 0.15) is 17.2 Å². The molecule has 0 spiro atoms. The Morgan fingerprint density at radius 2 is 1.81 bits per heavy atom. The number of hydrogen-bond donors (Lipinski definition) is 2. The SMILES string of the molecule is O=C1NC[C@H](c2ccc(C(F)(F)F)cc2)N1. The van der Waals surface area contributed by atoms with Crippen molar-refractivity contribution in [3.05, 3.63) is 35.4 Å². The van der Waals surface area contributed by atoms with Gasteiger partial charge >= 0.3 is 12.2 Å². The van der Waals surface area contributed by atoms with E-state index in [1.54, 1.807) is 0 Å². The van der Waals surface area contributed by atoms with Gasteiger partial charge in [-0.25, -0.2) is 4.79 Å². The summed E-state index contributed by atoms with van der Waals surface area (Å²) in [5, 5.41) is 5.14. The standard InChI is InChI=1S/C10H9F3N2O/c11-10(12,13)7-3-1-6(2-4-7)8-5-14-9(16)15-8/h1-4,8H,5H2,(H2,14,15,16)/t8-/m1/s1. The zero-order valence-electron chi connectivity index (χ0n) is 8.14. The van der Waals surface area contributed by atoms with Crippen LogP contribution in [0.4, 0.5) is 18.0 Å². The van der Waals surface area contributed by atoms with Crippen LogP contribution in [0.25, 0.3) is 0 Å². The summed E-state index contributed by atoms with van der Waals surface area (Å²) in [5.74, 6) is 0. The average Bonchev–Trinajstić information content (AvgIpc) is 2.64. The Morgan fingerprint density at radius 3 is 2.25 bits per heavy atom. The van der Waals surface area contributed by atoms with Crippen molar-refractivity contribution in [3.63, 3.8) is 0 Å². The summed E-state index contributed by atoms with van der Waals surface area (Å²) in [4.78, 5) is 10.9. The lowest BCUT2D eigenvalue weighted by molar-refractivity contribution is -0.137. The minimum atomic E-state index is -4.32. The average molecular weight is 230 g/mol. The minimum absolute atomic E-state index is 0.255. The Morgan fingerprint density at radius 1 is 1.19 bits per heavy atom. The molecule has 1 fully saturated rings. The van der Waals surface area contributed by atoms with Crippen molar-refractivity contribution in [1.82, 2.24) is 10.6 Å². The van der Waals surface area contributed by atoms with Crippen LogP contribution in [-0.4, -0.2) is 12.6 Å². The lowest BCUT2D eigenvalue weighted by atomic mass is 10.1. The van der Waals surface area contributed by atoms with Gasteiger partial charge in [-0.15, -0.1) is 0 Å². The predicted octanol–water partition coefficient (Wildman–Crippen LogP) is 2.06. The number of halogens is 3. The van der Waals surface area contributed by atoms with E-state index in [2.05, 4.69) is 10.6 Å². The molecule has 1 atom stereocenters. The van der Waals surface area contributed by atoms with Gasteiger partial charge in [0.15, 0.2) is 0 Å². The number of urea groups is 1. The fraction of sp³-hybridized carbons (Fsp3) is 0.300. The van der Waals surface area contributed by atoms with Crippen LogP contribution in [-0.2, 0) is 6.18 Å². The normalized spacial score (nSPS) is 20.4. The molecule has 0 bridgehead atoms. The first-order valence-corrected chi connectivity index (χ1v) is 4.68. The van der Waals surface area contributed by atoms with Gasteiger partial charge in [0, 0.05) is 6.54 Å². The molecule has 2 N–H and O–H groups in total. The van der Waals surface area contributed by atoms with Gasteiger partial charge < -0.3 is 10.6 Å². The van der Waals surface area contributed by atoms with Crippen molar-refractivity contribution in [2.75, 3.05) is 6.54 Å². The molecule has 16 heavy (non-hydrogen) atoms. The maximum absolute atomic E-state index is 12.3. The van der Waals surface area contributed by atoms with E-state index in [0.717, 1.165) is 12.1 Å². The molecule has 1 saturated heterocycles. The fourth-order valence-corrected chi connectivity index (χ4v) is 1.56. The monoisotopic (exact) mass is 230 g/mol. The third-order valence-electron chi connectivity index (χ3n) is 2.41. The molecule has 1 aromatic rings. The Balaban J connectivity index is 2.17. The molecular formula is C10H9F3N2O. The second-order valence-corrected chi connectivity index (χ2v) is 3.53. The number of benzene rings is 1. The van der Waals surface area contributed by atoms with E-state index in [1.165, 1.54) is 12.1 Å². The summed E-state index contributed by atoms with van der Waals surface area (Å²) >= 11 is 0. The van der Waals surface area contributed by atoms with Gasteiger partial charge in [0.2, 0.25) is 0 Å². The molecule has 6 heteroatoms. The molecule has 3 nitrogen and oxygen atoms in total. The molecule has 2 amide bonds. The number of rotatable bonds is 1. The third-order valence-corrected chi connectivity index (χ3v) is 2.41. The summed E-state index contributed by atoms with van der Waals surface area (Å²) in [6.45, 7) is 0.393. The van der Waals surface area contributed by atoms with Gasteiger partial charge in [-0.05, 0) is 17.7 Å². The van der Waals surface area contributed by atoms with Gasteiger partial charge in [-0.3, -0.25) is 0 Å². The molecule has 0 aliphatic carbocycles. The zero-order valence-corrected chi connectivity index (χ0v) is 8.14. The number of carbonyl (C=O) groups is 1. The summed E-state index contributed by atoms with van der Waals surface area (Å²) in [5.41, 5.74) is -0.0279. The van der Waals surface area contributed by atoms with Crippen LogP contribution >= 0.6 is 0 Å². The van der Waals surface area contributed by atoms with E-state index in [9.17, 15) is 18.0 Å². The van der Waals surface area contributed by atoms with Crippen LogP contribution in [0, 0.1) is 0 Å². The van der Waals surface area contributed by atoms with Gasteiger partial charge in [0.05, 0.1) is 11.6 Å². The highest BCUT2D eigenvalue weighted by Gasteiger charge is 2.30. The molecule has 1 aliphatic heterocycles. The number of carbonyl (C=O) groups excluding carboxylic acids is 1. The van der Waals surface area contributed by atoms with E-state index in [4.69, 9.17) is 0 Å². The highest BCUT2D eigenvalue weighted by Crippen LogP contribution is 2.30. The highest BCUT2D eigenvalue weighted by molar-refractivity contribution is 5.76. The molecule has 2 rings (SSSR count). The van der Waals surface area contributed by atoms with Crippen molar-refractivity contribution < 1.29 is 18.0 Å². The van der Waals surface area contributed by atoms with Gasteiger partial charge in [-0.1, -0.05) is 12.1 Å². The summed E-state index contributed by atoms with van der Waals surface area (Å²) in [6, 6.07) is 4.22. The smallest absolute Gasteiger partial charge is 0.336 e. The quantitative estimate of drug-likeness (QED) is 0.761. The van der Waals surface area contributed by atoms with Crippen molar-refractivity contribution in [2.45, 2.75) is 12.2 Å². The fourth-order valence-electron chi connectivity index (χ4n) is 1.56. The van der Waals surface area contributed by atoms with Crippen molar-refractivity contribution in [1.29, 1.82) is 0 Å². The molecule has 0 saturated carbocycles. The van der Waals surface area contributed by atoms with E-state index in [-0.39, 0.29) is 12.1 Å². The van der Waals surface area contributed by atoms with E-state index in [0.29, 0.717) is 12.1 Å². The number of hydrogen-bond acceptors (Lipinski definition) is 1. The molecule has 0 aromatic heterocycles. The van der Waals surface area contributed by atoms with Crippen LogP contribution in [0.3, 0.4) is 0 Å². The van der Waals surface area contributed by atoms with Gasteiger partial charge in [0.1, 0.15) is 0 Å². The van der Waals surface area contributed by atoms with E-state index >= 15 is 0 Å². The van der Waals surface area contributed by atoms with Crippen LogP contribution < -0.4 is 10.6 Å². The maximum atomic E-state index is 12.3. The molecule has 86 valence electrons. The number of amides is 2. The first kappa shape index (κ1) is 10.8. The molecule has 1 heterocycles. The second kappa shape index (κ2) is 3.70. The Labute approximate surface area is 89.6 Å². The van der Waals surface area contributed by atoms with Crippen LogP contribution in [0.5, 0.6) is 0 Å². The van der Waals surface area contributed by atoms with Crippen molar-refractivity contribution in [2.24, 2.45) is 0 Å². The first-order valence-electron chi connectivity index (χ1n) is 4.68. The lowest BCUT2D eigenvalue weighted by Crippen LogP contribution is -2.21. The van der Waals surface area contributed by atoms with Crippen LogP contribution in [0.2, 0.25) is 0 Å². The molecule has 1 aliphatic rings. The second-order valence-electron chi connectivity index (χ2n) is 3.53. The topological polar surface area (TPSA) is 41.1 Å². The molecule has 1 aromatic carbocycles. The molecular weight excluding hydrogens is 221 g/mol. The maximum Gasteiger partial charge on any atom is 0.416 e. The lowest BCUT2D eigenvalue weighted by Gasteiger charge is -2.11. The van der Waals surface area contributed by atoms with Gasteiger partial charge in [-0.2, -0.15) is 13.2 Å². The first-order chi connectivity index (χ1) is 7.47. The predicted molar refractivity (Wildman–Crippen MR) is 50.7 cm³/mol. The Hall–Kier alpha value is -1.72. The number of nitrogens with one attached hydrogen (secondary N) is 2. The molecule has 0 radical (unpaired) electrons. The van der Waals surface area contributed by atoms with Crippen molar-refractivity contribution >= 4 is 6.03 Å².